The average Bonchev–Trinajstić information content (AvgIpc) is 2.87. The zero-order chi connectivity index (χ0) is 18.2. The molecule has 0 unspecified atom stereocenters. The minimum atomic E-state index is -0.125. The van der Waals surface area contributed by atoms with E-state index in [1.54, 1.807) is 18.3 Å². The number of likely N-dealkylation sites (tertiary alicyclic amines) is 1. The number of hydrogen-bond acceptors (Lipinski definition) is 3. The van der Waals surface area contributed by atoms with Gasteiger partial charge in [0.15, 0.2) is 0 Å². The topological polar surface area (TPSA) is 62.3 Å². The second kappa shape index (κ2) is 9.13. The van der Waals surface area contributed by atoms with E-state index in [-0.39, 0.29) is 11.8 Å². The van der Waals surface area contributed by atoms with Gasteiger partial charge in [0.2, 0.25) is 11.8 Å². The summed E-state index contributed by atoms with van der Waals surface area (Å²) in [7, 11) is 0. The molecule has 5 nitrogen and oxygen atoms in total. The molecule has 0 radical (unpaired) electrons. The van der Waals surface area contributed by atoms with E-state index in [4.69, 9.17) is 0 Å². The summed E-state index contributed by atoms with van der Waals surface area (Å²) in [5.41, 5.74) is 1.81. The van der Waals surface area contributed by atoms with E-state index in [0.29, 0.717) is 13.0 Å². The molecule has 1 N–H and O–H groups in total. The molecule has 2 aromatic rings. The Labute approximate surface area is 154 Å². The highest BCUT2D eigenvalue weighted by molar-refractivity contribution is 5.95. The van der Waals surface area contributed by atoms with Crippen molar-refractivity contribution in [2.45, 2.75) is 32.1 Å². The number of amides is 2. The Balaban J connectivity index is 1.46. The molecule has 1 aromatic heterocycles. The van der Waals surface area contributed by atoms with Gasteiger partial charge in [0.25, 0.3) is 0 Å². The van der Waals surface area contributed by atoms with Crippen LogP contribution in [0.15, 0.2) is 42.6 Å². The molecule has 2 heterocycles. The molecule has 0 bridgehead atoms. The van der Waals surface area contributed by atoms with Gasteiger partial charge in [0.05, 0.1) is 5.52 Å². The first-order chi connectivity index (χ1) is 12.7. The van der Waals surface area contributed by atoms with E-state index in [1.165, 1.54) is 0 Å². The summed E-state index contributed by atoms with van der Waals surface area (Å²) < 4.78 is 0. The molecule has 1 aliphatic rings. The van der Waals surface area contributed by atoms with Crippen LogP contribution in [0.5, 0.6) is 0 Å². The first-order valence-corrected chi connectivity index (χ1v) is 9.31. The molecule has 1 aromatic carbocycles. The molecule has 0 saturated carbocycles. The van der Waals surface area contributed by atoms with Crippen molar-refractivity contribution >= 4 is 28.8 Å². The van der Waals surface area contributed by atoms with Gasteiger partial charge in [-0.25, -0.2) is 0 Å². The van der Waals surface area contributed by atoms with Crippen molar-refractivity contribution in [3.05, 3.63) is 48.2 Å². The number of aromatic nitrogens is 1. The van der Waals surface area contributed by atoms with Crippen LogP contribution in [0, 0.1) is 0 Å². The van der Waals surface area contributed by atoms with E-state index in [9.17, 15) is 9.59 Å². The fourth-order valence-electron chi connectivity index (χ4n) is 3.24. The lowest BCUT2D eigenvalue weighted by molar-refractivity contribution is -0.130. The fraction of sp³-hybridized carbons (Fsp3) is 0.381. The number of fused-ring (bicyclic) bond motifs is 1. The van der Waals surface area contributed by atoms with Crippen molar-refractivity contribution in [3.63, 3.8) is 0 Å². The van der Waals surface area contributed by atoms with Gasteiger partial charge in [0.1, 0.15) is 0 Å². The summed E-state index contributed by atoms with van der Waals surface area (Å²) in [6.45, 7) is 2.14. The van der Waals surface area contributed by atoms with Gasteiger partial charge in [-0.2, -0.15) is 0 Å². The Morgan fingerprint density at radius 1 is 1.19 bits per heavy atom. The molecule has 2 amide bonds. The predicted octanol–water partition coefficient (Wildman–Crippen LogP) is 3.16. The predicted molar refractivity (Wildman–Crippen MR) is 103 cm³/mol. The van der Waals surface area contributed by atoms with Crippen LogP contribution < -0.4 is 5.32 Å². The van der Waals surface area contributed by atoms with Crippen molar-refractivity contribution in [2.24, 2.45) is 0 Å². The van der Waals surface area contributed by atoms with Crippen molar-refractivity contribution in [3.8, 4) is 0 Å². The highest BCUT2D eigenvalue weighted by Gasteiger charge is 2.15. The number of rotatable bonds is 6. The van der Waals surface area contributed by atoms with Crippen LogP contribution in [0.25, 0.3) is 17.0 Å². The molecule has 0 spiro atoms. The molecule has 5 heteroatoms. The van der Waals surface area contributed by atoms with Crippen LogP contribution in [0.2, 0.25) is 0 Å². The third kappa shape index (κ3) is 4.91. The van der Waals surface area contributed by atoms with Gasteiger partial charge >= 0.3 is 0 Å². The maximum Gasteiger partial charge on any atom is 0.244 e. The lowest BCUT2D eigenvalue weighted by Crippen LogP contribution is -2.33. The highest BCUT2D eigenvalue weighted by Crippen LogP contribution is 2.17. The van der Waals surface area contributed by atoms with Crippen LogP contribution in [0.4, 0.5) is 0 Å². The number of carbonyl (C=O) groups is 2. The largest absolute Gasteiger partial charge is 0.352 e. The Morgan fingerprint density at radius 2 is 2.08 bits per heavy atom. The summed E-state index contributed by atoms with van der Waals surface area (Å²) in [6.07, 6.45) is 9.75. The average molecular weight is 351 g/mol. The zero-order valence-corrected chi connectivity index (χ0v) is 15.0. The van der Waals surface area contributed by atoms with E-state index in [0.717, 1.165) is 55.2 Å². The fourth-order valence-corrected chi connectivity index (χ4v) is 3.24. The summed E-state index contributed by atoms with van der Waals surface area (Å²) in [4.78, 5) is 30.3. The lowest BCUT2D eigenvalue weighted by Gasteiger charge is -2.20. The summed E-state index contributed by atoms with van der Waals surface area (Å²) in [5.74, 6) is 0.123. The van der Waals surface area contributed by atoms with Crippen LogP contribution in [0.1, 0.15) is 37.7 Å². The number of hydrogen-bond donors (Lipinski definition) is 1. The van der Waals surface area contributed by atoms with E-state index in [1.807, 2.05) is 35.2 Å². The second-order valence-electron chi connectivity index (χ2n) is 6.59. The smallest absolute Gasteiger partial charge is 0.244 e. The SMILES string of the molecule is O=C(/C=C/c1cccc2cccnc12)NCCCN1CCCCCC1=O. The molecule has 136 valence electrons. The molecule has 1 fully saturated rings. The monoisotopic (exact) mass is 351 g/mol. The molecule has 0 atom stereocenters. The van der Waals surface area contributed by atoms with Gasteiger partial charge in [-0.15, -0.1) is 0 Å². The first kappa shape index (κ1) is 18.1. The van der Waals surface area contributed by atoms with E-state index in [2.05, 4.69) is 10.3 Å². The normalized spacial score (nSPS) is 15.4. The van der Waals surface area contributed by atoms with Gasteiger partial charge in [0, 0.05) is 49.3 Å². The first-order valence-electron chi connectivity index (χ1n) is 9.31. The maximum atomic E-state index is 12.0. The van der Waals surface area contributed by atoms with E-state index >= 15 is 0 Å². The van der Waals surface area contributed by atoms with Crippen molar-refractivity contribution in [1.29, 1.82) is 0 Å². The van der Waals surface area contributed by atoms with Crippen LogP contribution in [-0.2, 0) is 9.59 Å². The molecular weight excluding hydrogens is 326 g/mol. The quantitative estimate of drug-likeness (QED) is 0.642. The van der Waals surface area contributed by atoms with Gasteiger partial charge in [-0.3, -0.25) is 14.6 Å². The van der Waals surface area contributed by atoms with Gasteiger partial charge < -0.3 is 10.2 Å². The molecule has 0 aliphatic carbocycles. The van der Waals surface area contributed by atoms with Crippen LogP contribution in [-0.4, -0.2) is 41.3 Å². The van der Waals surface area contributed by atoms with Crippen LogP contribution in [0.3, 0.4) is 0 Å². The lowest BCUT2D eigenvalue weighted by atomic mass is 10.1. The molecule has 3 rings (SSSR count). The molecule has 1 saturated heterocycles. The maximum absolute atomic E-state index is 12.0. The van der Waals surface area contributed by atoms with Crippen molar-refractivity contribution in [2.75, 3.05) is 19.6 Å². The highest BCUT2D eigenvalue weighted by atomic mass is 16.2. The number of para-hydroxylation sites is 1. The Kier molecular flexibility index (Phi) is 6.36. The minimum Gasteiger partial charge on any atom is -0.352 e. The van der Waals surface area contributed by atoms with Crippen molar-refractivity contribution < 1.29 is 9.59 Å². The number of pyridine rings is 1. The molecule has 26 heavy (non-hydrogen) atoms. The van der Waals surface area contributed by atoms with Crippen LogP contribution >= 0.6 is 0 Å². The summed E-state index contributed by atoms with van der Waals surface area (Å²) in [5, 5.41) is 3.94. The van der Waals surface area contributed by atoms with Gasteiger partial charge in [-0.05, 0) is 31.4 Å². The Hall–Kier alpha value is -2.69. The minimum absolute atomic E-state index is 0.125. The summed E-state index contributed by atoms with van der Waals surface area (Å²) in [6, 6.07) is 9.81. The number of carbonyl (C=O) groups excluding carboxylic acids is 2. The van der Waals surface area contributed by atoms with Gasteiger partial charge in [-0.1, -0.05) is 30.7 Å². The standard InChI is InChI=1S/C21H25N3O2/c25-19(22-14-6-16-24-15-3-1-2-10-20(24)26)12-11-18-8-4-7-17-9-5-13-23-21(17)18/h4-5,7-9,11-13H,1-3,6,10,14-16H2,(H,22,25)/b12-11+. The third-order valence-corrected chi connectivity index (χ3v) is 4.65. The number of nitrogens with one attached hydrogen (secondary N) is 1. The molecular formula is C21H25N3O2. The summed E-state index contributed by atoms with van der Waals surface area (Å²) >= 11 is 0. The Bertz CT molecular complexity index is 795. The number of nitrogens with zero attached hydrogens (tertiary/aromatic N) is 2. The zero-order valence-electron chi connectivity index (χ0n) is 15.0. The Morgan fingerprint density at radius 3 is 3.00 bits per heavy atom. The number of benzene rings is 1. The van der Waals surface area contributed by atoms with E-state index < -0.39 is 0 Å². The second-order valence-corrected chi connectivity index (χ2v) is 6.59. The van der Waals surface area contributed by atoms with Crippen molar-refractivity contribution in [1.82, 2.24) is 15.2 Å². The molecule has 1 aliphatic heterocycles. The third-order valence-electron chi connectivity index (χ3n) is 4.65.